The number of nitrogens with two attached hydrogens (primary N) is 1. The van der Waals surface area contributed by atoms with Crippen molar-refractivity contribution in [1.29, 1.82) is 0 Å². The Hall–Kier alpha value is -0.770. The predicted octanol–water partition coefficient (Wildman–Crippen LogP) is -0.178. The molecule has 0 spiro atoms. The molecule has 3 rings (SSSR count). The van der Waals surface area contributed by atoms with Gasteiger partial charge in [-0.1, -0.05) is 0 Å². The average molecular weight is 403 g/mol. The second-order valence-electron chi connectivity index (χ2n) is 8.82. The zero-order chi connectivity index (χ0) is 20.5. The van der Waals surface area contributed by atoms with Gasteiger partial charge in [-0.2, -0.15) is 0 Å². The van der Waals surface area contributed by atoms with Gasteiger partial charge in [0.2, 0.25) is 0 Å². The van der Waals surface area contributed by atoms with Gasteiger partial charge in [0, 0.05) is 27.1 Å². The van der Waals surface area contributed by atoms with Crippen LogP contribution in [0.5, 0.6) is 0 Å². The Bertz CT molecular complexity index is 537. The lowest BCUT2D eigenvalue weighted by Gasteiger charge is -2.48. The van der Waals surface area contributed by atoms with Gasteiger partial charge in [0.05, 0.1) is 36.9 Å². The van der Waals surface area contributed by atoms with E-state index in [4.69, 9.17) is 23.7 Å². The molecule has 7 unspecified atom stereocenters. The summed E-state index contributed by atoms with van der Waals surface area (Å²) in [6.07, 6.45) is 2.14. The van der Waals surface area contributed by atoms with Gasteiger partial charge in [0.1, 0.15) is 12.1 Å². The fraction of sp³-hybridized carbons (Fsp3) is 0.950. The van der Waals surface area contributed by atoms with E-state index in [2.05, 4.69) is 5.32 Å². The molecule has 0 aromatic rings. The van der Waals surface area contributed by atoms with Crippen molar-refractivity contribution >= 4 is 5.97 Å². The fourth-order valence-electron chi connectivity index (χ4n) is 5.18. The van der Waals surface area contributed by atoms with E-state index >= 15 is 0 Å². The Morgan fingerprint density at radius 3 is 2.50 bits per heavy atom. The van der Waals surface area contributed by atoms with Crippen molar-refractivity contribution in [1.82, 2.24) is 0 Å². The lowest BCUT2D eigenvalue weighted by atomic mass is 9.70. The Morgan fingerprint density at radius 1 is 1.18 bits per heavy atom. The predicted molar refractivity (Wildman–Crippen MR) is 99.5 cm³/mol. The van der Waals surface area contributed by atoms with Crippen molar-refractivity contribution in [3.05, 3.63) is 0 Å². The summed E-state index contributed by atoms with van der Waals surface area (Å²) < 4.78 is 29.1. The molecule has 8 nitrogen and oxygen atoms in total. The maximum atomic E-state index is 11.4. The van der Waals surface area contributed by atoms with E-state index < -0.39 is 17.7 Å². The molecule has 2 saturated heterocycles. The molecule has 8 heteroatoms. The summed E-state index contributed by atoms with van der Waals surface area (Å²) in [6.45, 7) is 5.47. The number of methoxy groups -OCH3 is 2. The van der Waals surface area contributed by atoms with Crippen molar-refractivity contribution in [2.45, 2.75) is 82.3 Å². The minimum Gasteiger partial charge on any atom is -0.457 e. The van der Waals surface area contributed by atoms with E-state index in [1.807, 2.05) is 0 Å². The lowest BCUT2D eigenvalue weighted by molar-refractivity contribution is -0.783. The first-order chi connectivity index (χ1) is 13.3. The van der Waals surface area contributed by atoms with Crippen LogP contribution in [-0.4, -0.2) is 80.8 Å². The molecule has 28 heavy (non-hydrogen) atoms. The molecule has 0 aromatic carbocycles. The number of aliphatic hydroxyl groups is 1. The van der Waals surface area contributed by atoms with Crippen LogP contribution < -0.4 is 5.32 Å². The number of ether oxygens (including phenoxy) is 5. The minimum absolute atomic E-state index is 0.104. The third kappa shape index (κ3) is 4.52. The molecule has 0 bridgehead atoms. The number of piperidine rings is 1. The summed E-state index contributed by atoms with van der Waals surface area (Å²) in [6, 6.07) is 0.183. The monoisotopic (exact) mass is 402 g/mol. The first-order valence-electron chi connectivity index (χ1n) is 10.3. The van der Waals surface area contributed by atoms with Crippen molar-refractivity contribution in [2.75, 3.05) is 27.4 Å². The van der Waals surface area contributed by atoms with Gasteiger partial charge in [0.15, 0.2) is 12.3 Å². The van der Waals surface area contributed by atoms with Crippen LogP contribution in [0.25, 0.3) is 0 Å². The molecule has 3 N–H and O–H groups in total. The molecular formula is C20H36NO7+. The van der Waals surface area contributed by atoms with Crippen LogP contribution in [0, 0.1) is 11.8 Å². The van der Waals surface area contributed by atoms with E-state index in [0.717, 1.165) is 25.9 Å². The third-order valence-electron chi connectivity index (χ3n) is 6.57. The summed E-state index contributed by atoms with van der Waals surface area (Å²) in [4.78, 5) is 11.4. The number of esters is 1. The molecule has 0 radical (unpaired) electrons. The van der Waals surface area contributed by atoms with E-state index in [1.165, 1.54) is 6.92 Å². The van der Waals surface area contributed by atoms with Gasteiger partial charge in [-0.3, -0.25) is 4.79 Å². The Kier molecular flexibility index (Phi) is 7.00. The summed E-state index contributed by atoms with van der Waals surface area (Å²) in [5.74, 6) is 0.372. The van der Waals surface area contributed by atoms with E-state index in [9.17, 15) is 9.90 Å². The molecule has 8 atom stereocenters. The van der Waals surface area contributed by atoms with Crippen LogP contribution in [0.15, 0.2) is 0 Å². The molecule has 162 valence electrons. The normalized spacial score (nSPS) is 39.1. The fourth-order valence-corrected chi connectivity index (χ4v) is 5.18. The highest BCUT2D eigenvalue weighted by atomic mass is 16.6. The summed E-state index contributed by atoms with van der Waals surface area (Å²) in [7, 11) is 3.50. The topological polar surface area (TPSA) is 100 Å². The molecule has 2 aliphatic heterocycles. The Morgan fingerprint density at radius 2 is 1.89 bits per heavy atom. The van der Waals surface area contributed by atoms with E-state index in [-0.39, 0.29) is 37.2 Å². The van der Waals surface area contributed by atoms with Gasteiger partial charge in [-0.25, -0.2) is 0 Å². The number of fused-ring (bicyclic) bond motifs is 2. The zero-order valence-electron chi connectivity index (χ0n) is 17.6. The summed E-state index contributed by atoms with van der Waals surface area (Å²) in [5, 5.41) is 12.6. The number of rotatable bonds is 7. The maximum absolute atomic E-state index is 11.4. The zero-order valence-corrected chi connectivity index (χ0v) is 17.6. The van der Waals surface area contributed by atoms with Gasteiger partial charge in [-0.15, -0.1) is 0 Å². The molecular weight excluding hydrogens is 366 g/mol. The van der Waals surface area contributed by atoms with Crippen molar-refractivity contribution in [3.63, 3.8) is 0 Å². The smallest absolute Gasteiger partial charge is 0.303 e. The SMILES string of the molecule is COC1C2CCOC2[NH2+]C2C1CCC(OC[C@H](OC(C)=O)C(C)(C)O)C2OC. The van der Waals surface area contributed by atoms with Crippen LogP contribution in [0.2, 0.25) is 0 Å². The number of hydrogen-bond acceptors (Lipinski definition) is 7. The van der Waals surface area contributed by atoms with Gasteiger partial charge < -0.3 is 34.1 Å². The maximum Gasteiger partial charge on any atom is 0.303 e. The average Bonchev–Trinajstić information content (AvgIpc) is 3.09. The van der Waals surface area contributed by atoms with Crippen molar-refractivity contribution in [2.24, 2.45) is 11.8 Å². The highest BCUT2D eigenvalue weighted by Crippen LogP contribution is 2.39. The van der Waals surface area contributed by atoms with Crippen LogP contribution >= 0.6 is 0 Å². The largest absolute Gasteiger partial charge is 0.457 e. The second-order valence-corrected chi connectivity index (χ2v) is 8.82. The second kappa shape index (κ2) is 8.93. The van der Waals surface area contributed by atoms with Crippen LogP contribution in [0.3, 0.4) is 0 Å². The molecule has 2 heterocycles. The van der Waals surface area contributed by atoms with E-state index in [0.29, 0.717) is 11.8 Å². The lowest BCUT2D eigenvalue weighted by Crippen LogP contribution is -3.03. The molecule has 3 fully saturated rings. The van der Waals surface area contributed by atoms with Crippen LogP contribution in [0.4, 0.5) is 0 Å². The van der Waals surface area contributed by atoms with Gasteiger partial charge >= 0.3 is 5.97 Å². The molecule has 0 amide bonds. The molecule has 1 saturated carbocycles. The summed E-state index contributed by atoms with van der Waals surface area (Å²) in [5.41, 5.74) is -1.19. The molecule has 1 aliphatic carbocycles. The highest BCUT2D eigenvalue weighted by molar-refractivity contribution is 5.66. The third-order valence-corrected chi connectivity index (χ3v) is 6.57. The number of carbonyl (C=O) groups is 1. The van der Waals surface area contributed by atoms with E-state index in [1.54, 1.807) is 28.1 Å². The van der Waals surface area contributed by atoms with Gasteiger partial charge in [-0.05, 0) is 33.1 Å². The first kappa shape index (κ1) is 21.9. The number of quaternary nitrogens is 1. The minimum atomic E-state index is -1.19. The van der Waals surface area contributed by atoms with Crippen LogP contribution in [0.1, 0.15) is 40.0 Å². The highest BCUT2D eigenvalue weighted by Gasteiger charge is 2.56. The quantitative estimate of drug-likeness (QED) is 0.570. The Balaban J connectivity index is 1.68. The molecule has 3 aliphatic rings. The summed E-state index contributed by atoms with van der Waals surface area (Å²) >= 11 is 0. The van der Waals surface area contributed by atoms with Crippen molar-refractivity contribution < 1.29 is 38.9 Å². The Labute approximate surface area is 167 Å². The first-order valence-corrected chi connectivity index (χ1v) is 10.3. The number of carbonyl (C=O) groups excluding carboxylic acids is 1. The molecule has 0 aromatic heterocycles. The van der Waals surface area contributed by atoms with Crippen LogP contribution in [-0.2, 0) is 28.5 Å². The van der Waals surface area contributed by atoms with Crippen molar-refractivity contribution in [3.8, 4) is 0 Å². The van der Waals surface area contributed by atoms with Gasteiger partial charge in [0.25, 0.3) is 0 Å². The number of hydrogen-bond donors (Lipinski definition) is 2. The standard InChI is InChI=1S/C20H35NO7/c1-11(22)28-15(20(2,3)23)10-27-14-7-6-12-16(18(14)25-5)21-19-13(8-9-26-19)17(12)24-4/h12-19,21,23H,6-10H2,1-5H3/p+1/t12?,13?,14?,15-,16?,17?,18?,19?/m0/s1.